The van der Waals surface area contributed by atoms with Crippen LogP contribution in [0.5, 0.6) is 0 Å². The molecule has 126 valence electrons. The fraction of sp³-hybridized carbons (Fsp3) is 0.786. The van der Waals surface area contributed by atoms with E-state index in [0.29, 0.717) is 19.6 Å². The number of amides is 1. The van der Waals surface area contributed by atoms with Crippen LogP contribution in [0.1, 0.15) is 32.9 Å². The lowest BCUT2D eigenvalue weighted by Gasteiger charge is -2.24. The third kappa shape index (κ3) is 7.37. The summed E-state index contributed by atoms with van der Waals surface area (Å²) >= 11 is 0. The minimum atomic E-state index is -0.468. The fourth-order valence-corrected chi connectivity index (χ4v) is 1.72. The molecular weight excluding hydrogens is 286 g/mol. The van der Waals surface area contributed by atoms with Crippen molar-refractivity contribution in [2.45, 2.75) is 45.9 Å². The van der Waals surface area contributed by atoms with E-state index >= 15 is 0 Å². The number of nitrogens with zero attached hydrogens (tertiary/aromatic N) is 4. The third-order valence-corrected chi connectivity index (χ3v) is 2.77. The first-order valence-corrected chi connectivity index (χ1v) is 7.46. The van der Waals surface area contributed by atoms with Crippen LogP contribution in [0.2, 0.25) is 0 Å². The van der Waals surface area contributed by atoms with Crippen molar-refractivity contribution in [3.05, 3.63) is 11.9 Å². The molecule has 0 aromatic carbocycles. The van der Waals surface area contributed by atoms with E-state index in [9.17, 15) is 4.79 Å². The van der Waals surface area contributed by atoms with Crippen molar-refractivity contribution in [1.82, 2.24) is 25.2 Å². The number of carbonyl (C=O) groups excluding carboxylic acids is 1. The van der Waals surface area contributed by atoms with Gasteiger partial charge in [0.15, 0.2) is 0 Å². The topological polar surface area (TPSA) is 92.5 Å². The molecule has 8 nitrogen and oxygen atoms in total. The van der Waals surface area contributed by atoms with Gasteiger partial charge in [-0.05, 0) is 33.7 Å². The normalized spacial score (nSPS) is 11.5. The molecule has 1 amide bonds. The van der Waals surface area contributed by atoms with Gasteiger partial charge in [0, 0.05) is 26.3 Å². The minimum absolute atomic E-state index is 0.0488. The highest BCUT2D eigenvalue weighted by atomic mass is 16.6. The summed E-state index contributed by atoms with van der Waals surface area (Å²) in [5.41, 5.74) is 0.359. The van der Waals surface area contributed by atoms with Crippen molar-refractivity contribution in [2.75, 3.05) is 26.7 Å². The van der Waals surface area contributed by atoms with Crippen LogP contribution in [-0.4, -0.2) is 63.4 Å². The summed E-state index contributed by atoms with van der Waals surface area (Å²) in [7, 11) is 1.73. The Hall–Kier alpha value is -1.67. The second kappa shape index (κ2) is 8.70. The molecule has 0 aliphatic heterocycles. The molecule has 0 saturated carbocycles. The van der Waals surface area contributed by atoms with Crippen molar-refractivity contribution < 1.29 is 14.6 Å². The average molecular weight is 313 g/mol. The van der Waals surface area contributed by atoms with E-state index in [0.717, 1.165) is 18.7 Å². The molecule has 0 fully saturated rings. The predicted octanol–water partition coefficient (Wildman–Crippen LogP) is 0.617. The third-order valence-electron chi connectivity index (χ3n) is 2.77. The molecule has 0 unspecified atom stereocenters. The maximum absolute atomic E-state index is 11.8. The van der Waals surface area contributed by atoms with Gasteiger partial charge in [0.05, 0.1) is 18.8 Å². The van der Waals surface area contributed by atoms with Gasteiger partial charge in [-0.25, -0.2) is 9.48 Å². The molecule has 1 heterocycles. The van der Waals surface area contributed by atoms with E-state index in [1.165, 1.54) is 0 Å². The summed E-state index contributed by atoms with van der Waals surface area (Å²) in [6, 6.07) is 0. The second-order valence-electron chi connectivity index (χ2n) is 6.13. The number of aromatic nitrogens is 3. The Morgan fingerprint density at radius 1 is 1.50 bits per heavy atom. The van der Waals surface area contributed by atoms with E-state index in [4.69, 9.17) is 9.84 Å². The molecule has 0 aliphatic carbocycles. The number of nitrogens with one attached hydrogen (secondary N) is 1. The second-order valence-corrected chi connectivity index (χ2v) is 6.13. The highest BCUT2D eigenvalue weighted by molar-refractivity contribution is 5.67. The van der Waals surface area contributed by atoms with Gasteiger partial charge >= 0.3 is 6.09 Å². The van der Waals surface area contributed by atoms with Gasteiger partial charge in [-0.15, -0.1) is 5.10 Å². The van der Waals surface area contributed by atoms with Gasteiger partial charge in [0.2, 0.25) is 0 Å². The van der Waals surface area contributed by atoms with Crippen LogP contribution >= 0.6 is 0 Å². The van der Waals surface area contributed by atoms with Crippen LogP contribution in [0.4, 0.5) is 4.79 Å². The van der Waals surface area contributed by atoms with Crippen LogP contribution in [0.3, 0.4) is 0 Å². The summed E-state index contributed by atoms with van der Waals surface area (Å²) in [5, 5.41) is 19.9. The Kier molecular flexibility index (Phi) is 7.26. The molecule has 1 aromatic rings. The SMILES string of the molecule is CN(CCCNCc1cn(CCO)nn1)C(=O)OC(C)(C)C. The maximum Gasteiger partial charge on any atom is 0.410 e. The largest absolute Gasteiger partial charge is 0.444 e. The highest BCUT2D eigenvalue weighted by Crippen LogP contribution is 2.09. The first kappa shape index (κ1) is 18.4. The highest BCUT2D eigenvalue weighted by Gasteiger charge is 2.18. The Labute approximate surface area is 131 Å². The average Bonchev–Trinajstić information content (AvgIpc) is 2.84. The van der Waals surface area contributed by atoms with E-state index in [1.807, 2.05) is 20.8 Å². The maximum atomic E-state index is 11.8. The monoisotopic (exact) mass is 313 g/mol. The molecule has 0 spiro atoms. The van der Waals surface area contributed by atoms with Crippen LogP contribution < -0.4 is 5.32 Å². The molecule has 22 heavy (non-hydrogen) atoms. The van der Waals surface area contributed by atoms with Crippen LogP contribution in [-0.2, 0) is 17.8 Å². The number of aliphatic hydroxyl groups excluding tert-OH is 1. The van der Waals surface area contributed by atoms with Crippen LogP contribution in [0.25, 0.3) is 0 Å². The summed E-state index contributed by atoms with van der Waals surface area (Å²) in [5.74, 6) is 0. The van der Waals surface area contributed by atoms with Gasteiger partial charge in [-0.1, -0.05) is 5.21 Å². The molecular formula is C14H27N5O3. The van der Waals surface area contributed by atoms with Crippen molar-refractivity contribution in [3.8, 4) is 0 Å². The lowest BCUT2D eigenvalue weighted by Crippen LogP contribution is -2.35. The van der Waals surface area contributed by atoms with Gasteiger partial charge in [-0.3, -0.25) is 0 Å². The molecule has 1 rings (SSSR count). The Morgan fingerprint density at radius 2 is 2.23 bits per heavy atom. The summed E-state index contributed by atoms with van der Waals surface area (Å²) < 4.78 is 6.88. The number of hydrogen-bond acceptors (Lipinski definition) is 6. The zero-order chi connectivity index (χ0) is 16.6. The first-order valence-electron chi connectivity index (χ1n) is 7.46. The van der Waals surface area contributed by atoms with Crippen molar-refractivity contribution in [3.63, 3.8) is 0 Å². The molecule has 0 bridgehead atoms. The van der Waals surface area contributed by atoms with Crippen LogP contribution in [0, 0.1) is 0 Å². The number of ether oxygens (including phenoxy) is 1. The van der Waals surface area contributed by atoms with E-state index < -0.39 is 5.60 Å². The summed E-state index contributed by atoms with van der Waals surface area (Å²) in [6.45, 7) is 8.06. The number of hydrogen-bond donors (Lipinski definition) is 2. The van der Waals surface area contributed by atoms with Gasteiger partial charge in [0.25, 0.3) is 0 Å². The lowest BCUT2D eigenvalue weighted by atomic mass is 10.2. The zero-order valence-electron chi connectivity index (χ0n) is 13.9. The molecule has 0 saturated heterocycles. The number of carbonyl (C=O) groups is 1. The molecule has 1 aromatic heterocycles. The minimum Gasteiger partial charge on any atom is -0.444 e. The molecule has 2 N–H and O–H groups in total. The standard InChI is InChI=1S/C14H27N5O3/c1-14(2,3)22-13(21)18(4)7-5-6-15-10-12-11-19(8-9-20)17-16-12/h11,15,20H,5-10H2,1-4H3. The predicted molar refractivity (Wildman–Crippen MR) is 82.3 cm³/mol. The van der Waals surface area contributed by atoms with Crippen molar-refractivity contribution in [1.29, 1.82) is 0 Å². The Morgan fingerprint density at radius 3 is 2.86 bits per heavy atom. The Bertz CT molecular complexity index is 456. The molecule has 0 radical (unpaired) electrons. The smallest absolute Gasteiger partial charge is 0.410 e. The summed E-state index contributed by atoms with van der Waals surface area (Å²) in [6.07, 6.45) is 2.32. The zero-order valence-corrected chi connectivity index (χ0v) is 13.9. The lowest BCUT2D eigenvalue weighted by molar-refractivity contribution is 0.0297. The molecule has 0 atom stereocenters. The quantitative estimate of drug-likeness (QED) is 0.683. The van der Waals surface area contributed by atoms with Crippen molar-refractivity contribution >= 4 is 6.09 Å². The van der Waals surface area contributed by atoms with E-state index in [1.54, 1.807) is 22.8 Å². The van der Waals surface area contributed by atoms with Gasteiger partial charge in [-0.2, -0.15) is 0 Å². The Balaban J connectivity index is 2.15. The first-order chi connectivity index (χ1) is 10.3. The number of rotatable bonds is 8. The van der Waals surface area contributed by atoms with E-state index in [-0.39, 0.29) is 12.7 Å². The van der Waals surface area contributed by atoms with Gasteiger partial charge in [0.1, 0.15) is 5.60 Å². The van der Waals surface area contributed by atoms with Crippen LogP contribution in [0.15, 0.2) is 6.20 Å². The molecule has 0 aliphatic rings. The van der Waals surface area contributed by atoms with Crippen molar-refractivity contribution in [2.24, 2.45) is 0 Å². The molecule has 8 heteroatoms. The van der Waals surface area contributed by atoms with E-state index in [2.05, 4.69) is 15.6 Å². The summed E-state index contributed by atoms with van der Waals surface area (Å²) in [4.78, 5) is 13.3. The number of aliphatic hydroxyl groups is 1. The van der Waals surface area contributed by atoms with Gasteiger partial charge < -0.3 is 20.1 Å². The fourth-order valence-electron chi connectivity index (χ4n) is 1.72.